The zero-order valence-corrected chi connectivity index (χ0v) is 7.70. The fourth-order valence-corrected chi connectivity index (χ4v) is 1.23. The quantitative estimate of drug-likeness (QED) is 0.671. The number of hydrogen-bond donors (Lipinski definition) is 0. The van der Waals surface area contributed by atoms with Crippen molar-refractivity contribution >= 4 is 5.69 Å². The fraction of sp³-hybridized carbons (Fsp3) is 0.400. The average molecular weight is 163 g/mol. The highest BCUT2D eigenvalue weighted by Gasteiger charge is 1.97. The van der Waals surface area contributed by atoms with Gasteiger partial charge in [0.1, 0.15) is 0 Å². The van der Waals surface area contributed by atoms with Gasteiger partial charge in [-0.2, -0.15) is 0 Å². The fourth-order valence-electron chi connectivity index (χ4n) is 1.23. The molecule has 0 atom stereocenters. The van der Waals surface area contributed by atoms with Crippen molar-refractivity contribution in [1.82, 2.24) is 6.15 Å². The summed E-state index contributed by atoms with van der Waals surface area (Å²) in [6.45, 7) is 6.52. The Bertz CT molecular complexity index is 192. The van der Waals surface area contributed by atoms with Gasteiger partial charge in [0.05, 0.1) is 0 Å². The van der Waals surface area contributed by atoms with Gasteiger partial charge in [-0.05, 0) is 26.0 Å². The smallest absolute Gasteiger partial charge is 0.0365 e. The number of hydrogen-bond acceptors (Lipinski definition) is 1. The molecule has 0 aliphatic carbocycles. The predicted molar refractivity (Wildman–Crippen MR) is 52.1 cm³/mol. The van der Waals surface area contributed by atoms with Crippen LogP contribution in [0.15, 0.2) is 30.3 Å². The van der Waals surface area contributed by atoms with Crippen LogP contribution in [0.25, 0.3) is 0 Å². The Hall–Kier alpha value is -1.02. The Morgan fingerprint density at radius 3 is 1.92 bits per heavy atom. The second-order valence-electron chi connectivity index (χ2n) is 2.51. The molecule has 0 heterocycles. The van der Waals surface area contributed by atoms with Crippen LogP contribution in [0.4, 0.5) is 5.69 Å². The molecule has 0 fully saturated rings. The number of anilines is 1. The Morgan fingerprint density at radius 1 is 1.00 bits per heavy atom. The largest absolute Gasteiger partial charge is 0.372 e. The molecule has 0 amide bonds. The van der Waals surface area contributed by atoms with Gasteiger partial charge < -0.3 is 4.90 Å². The lowest BCUT2D eigenvalue weighted by molar-refractivity contribution is 0.866. The minimum Gasteiger partial charge on any atom is -0.372 e. The Kier molecular flexibility index (Phi) is 5.13. The summed E-state index contributed by atoms with van der Waals surface area (Å²) in [6, 6.07) is 10.5. The first-order chi connectivity index (χ1) is 5.38. The minimum absolute atomic E-state index is 0. The van der Waals surface area contributed by atoms with Crippen LogP contribution in [0.2, 0.25) is 0 Å². The number of nitrogens with zero attached hydrogens (tertiary/aromatic N) is 2. The summed E-state index contributed by atoms with van der Waals surface area (Å²) in [5.74, 6) is 0. The third-order valence-electron chi connectivity index (χ3n) is 1.88. The van der Waals surface area contributed by atoms with Gasteiger partial charge in [0, 0.05) is 24.9 Å². The van der Waals surface area contributed by atoms with E-state index < -0.39 is 0 Å². The second kappa shape index (κ2) is 5.61. The van der Waals surface area contributed by atoms with Crippen LogP contribution in [0.5, 0.6) is 0 Å². The van der Waals surface area contributed by atoms with Crippen molar-refractivity contribution in [2.75, 3.05) is 18.0 Å². The zero-order chi connectivity index (χ0) is 8.10. The van der Waals surface area contributed by atoms with E-state index in [0.717, 1.165) is 13.1 Å². The van der Waals surface area contributed by atoms with Crippen LogP contribution >= 0.6 is 0 Å². The van der Waals surface area contributed by atoms with E-state index in [9.17, 15) is 0 Å². The molecule has 12 heavy (non-hydrogen) atoms. The van der Waals surface area contributed by atoms with Crippen LogP contribution in [0.1, 0.15) is 13.8 Å². The monoisotopic (exact) mass is 163 g/mol. The van der Waals surface area contributed by atoms with Gasteiger partial charge in [-0.3, -0.25) is 0 Å². The first-order valence-corrected chi connectivity index (χ1v) is 4.18. The first kappa shape index (κ1) is 11.0. The molecule has 1 aromatic carbocycles. The normalized spacial score (nSPS) is 8.83. The molecule has 0 saturated carbocycles. The summed E-state index contributed by atoms with van der Waals surface area (Å²) in [5.41, 5.74) is 1.32. The Labute approximate surface area is 74.8 Å². The van der Waals surface area contributed by atoms with Crippen molar-refractivity contribution in [3.8, 4) is 0 Å². The third kappa shape index (κ3) is 2.55. The number of para-hydroxylation sites is 1. The van der Waals surface area contributed by atoms with E-state index in [-0.39, 0.29) is 6.15 Å². The molecule has 0 spiro atoms. The van der Waals surface area contributed by atoms with E-state index in [1.807, 2.05) is 6.07 Å². The summed E-state index contributed by atoms with van der Waals surface area (Å²) < 4.78 is 0. The second-order valence-corrected chi connectivity index (χ2v) is 2.51. The van der Waals surface area contributed by atoms with E-state index in [2.05, 4.69) is 43.0 Å². The topological polar surface area (TPSA) is 33.7 Å². The maximum atomic E-state index is 2.33. The lowest BCUT2D eigenvalue weighted by Crippen LogP contribution is -2.21. The molecule has 1 aromatic rings. The summed E-state index contributed by atoms with van der Waals surface area (Å²) >= 11 is 0. The third-order valence-corrected chi connectivity index (χ3v) is 1.88. The molecule has 0 N–H and O–H groups in total. The van der Waals surface area contributed by atoms with E-state index in [1.165, 1.54) is 5.69 Å². The molecule has 65 valence electrons. The minimum atomic E-state index is 0. The first-order valence-electron chi connectivity index (χ1n) is 4.18. The maximum Gasteiger partial charge on any atom is 0.0365 e. The molecule has 0 aromatic heterocycles. The van der Waals surface area contributed by atoms with Crippen molar-refractivity contribution in [2.24, 2.45) is 0 Å². The van der Waals surface area contributed by atoms with Gasteiger partial charge in [0.15, 0.2) is 0 Å². The maximum absolute atomic E-state index is 2.33. The van der Waals surface area contributed by atoms with Crippen LogP contribution in [0, 0.1) is 0 Å². The zero-order valence-electron chi connectivity index (χ0n) is 7.70. The predicted octanol–water partition coefficient (Wildman–Crippen LogP) is 2.05. The van der Waals surface area contributed by atoms with Gasteiger partial charge in [0.2, 0.25) is 0 Å². The van der Waals surface area contributed by atoms with Crippen molar-refractivity contribution in [3.63, 3.8) is 0 Å². The lowest BCUT2D eigenvalue weighted by Gasteiger charge is -2.20. The van der Waals surface area contributed by atoms with Crippen LogP contribution in [-0.2, 0) is 0 Å². The summed E-state index contributed by atoms with van der Waals surface area (Å²) in [4.78, 5) is 2.33. The number of benzene rings is 1. The highest BCUT2D eigenvalue weighted by Crippen LogP contribution is 2.11. The SMILES string of the molecule is CCN(CC)c1ccccc1.[N]. The molecule has 0 aliphatic heterocycles. The molecular formula is C10H15N2. The molecule has 1 rings (SSSR count). The molecule has 2 heteroatoms. The van der Waals surface area contributed by atoms with Crippen LogP contribution in [0.3, 0.4) is 0 Å². The summed E-state index contributed by atoms with van der Waals surface area (Å²) in [6.07, 6.45) is 0. The highest BCUT2D eigenvalue weighted by molar-refractivity contribution is 5.45. The molecule has 0 unspecified atom stereocenters. The van der Waals surface area contributed by atoms with Crippen molar-refractivity contribution in [3.05, 3.63) is 30.3 Å². The van der Waals surface area contributed by atoms with Crippen molar-refractivity contribution in [2.45, 2.75) is 13.8 Å². The number of rotatable bonds is 3. The van der Waals surface area contributed by atoms with Crippen LogP contribution in [-0.4, -0.2) is 13.1 Å². The van der Waals surface area contributed by atoms with E-state index in [1.54, 1.807) is 0 Å². The molecule has 0 bridgehead atoms. The van der Waals surface area contributed by atoms with Gasteiger partial charge in [-0.25, -0.2) is 0 Å². The lowest BCUT2D eigenvalue weighted by atomic mass is 10.3. The van der Waals surface area contributed by atoms with Gasteiger partial charge >= 0.3 is 0 Å². The standard InChI is InChI=1S/C10H15N.N/c1-3-11(4-2)10-8-6-5-7-9-10;/h5-9H,3-4H2,1-2H3;. The van der Waals surface area contributed by atoms with Crippen molar-refractivity contribution in [1.29, 1.82) is 0 Å². The summed E-state index contributed by atoms with van der Waals surface area (Å²) in [7, 11) is 0. The van der Waals surface area contributed by atoms with Crippen LogP contribution < -0.4 is 11.1 Å². The molecular weight excluding hydrogens is 148 g/mol. The molecule has 0 aliphatic rings. The van der Waals surface area contributed by atoms with Gasteiger partial charge in [-0.1, -0.05) is 18.2 Å². The van der Waals surface area contributed by atoms with Gasteiger partial charge in [0.25, 0.3) is 0 Å². The molecule has 3 radical (unpaired) electrons. The highest BCUT2D eigenvalue weighted by atomic mass is 15.1. The summed E-state index contributed by atoms with van der Waals surface area (Å²) in [5, 5.41) is 0. The van der Waals surface area contributed by atoms with Gasteiger partial charge in [-0.15, -0.1) is 0 Å². The Morgan fingerprint density at radius 2 is 1.50 bits per heavy atom. The average Bonchev–Trinajstić information content (AvgIpc) is 2.09. The Balaban J connectivity index is 0.00000121. The van der Waals surface area contributed by atoms with E-state index in [4.69, 9.17) is 0 Å². The van der Waals surface area contributed by atoms with E-state index >= 15 is 0 Å². The van der Waals surface area contributed by atoms with Crippen molar-refractivity contribution < 1.29 is 0 Å². The molecule has 2 nitrogen and oxygen atoms in total. The van der Waals surface area contributed by atoms with E-state index in [0.29, 0.717) is 0 Å². The molecule has 0 saturated heterocycles.